The predicted octanol–water partition coefficient (Wildman–Crippen LogP) is 4.27. The monoisotopic (exact) mass is 466 g/mol. The molecule has 2 N–H and O–H groups in total. The van der Waals surface area contributed by atoms with Crippen LogP contribution in [0.15, 0.2) is 77.3 Å². The molecule has 1 heterocycles. The van der Waals surface area contributed by atoms with Crippen molar-refractivity contribution in [2.45, 2.75) is 6.17 Å². The molecule has 2 amide bonds. The van der Waals surface area contributed by atoms with E-state index in [1.54, 1.807) is 54.6 Å². The van der Waals surface area contributed by atoms with E-state index in [1.807, 2.05) is 0 Å². The van der Waals surface area contributed by atoms with Crippen LogP contribution in [-0.4, -0.2) is 21.7 Å². The summed E-state index contributed by atoms with van der Waals surface area (Å²) in [5.41, 5.74) is 4.31. The Morgan fingerprint density at radius 3 is 2.53 bits per heavy atom. The zero-order valence-corrected chi connectivity index (χ0v) is 17.0. The number of carbonyl (C=O) groups excluding carboxylic acids is 2. The molecule has 1 aliphatic rings. The first-order valence-corrected chi connectivity index (χ1v) is 9.73. The molecule has 9 heteroatoms. The number of benzene rings is 3. The maximum Gasteiger partial charge on any atom is 0.276 e. The van der Waals surface area contributed by atoms with Crippen molar-refractivity contribution in [1.29, 1.82) is 0 Å². The molecule has 1 aliphatic heterocycles. The van der Waals surface area contributed by atoms with Crippen LogP contribution in [-0.2, 0) is 0 Å². The van der Waals surface area contributed by atoms with E-state index in [4.69, 9.17) is 0 Å². The van der Waals surface area contributed by atoms with E-state index in [9.17, 15) is 19.7 Å². The van der Waals surface area contributed by atoms with Crippen molar-refractivity contribution in [3.63, 3.8) is 0 Å². The molecule has 0 unspecified atom stereocenters. The van der Waals surface area contributed by atoms with E-state index in [2.05, 4.69) is 26.7 Å². The normalized spacial score (nSPS) is 15.2. The molecule has 150 valence electrons. The lowest BCUT2D eigenvalue weighted by Gasteiger charge is -2.37. The topological polar surface area (TPSA) is 105 Å². The van der Waals surface area contributed by atoms with Gasteiger partial charge < -0.3 is 5.32 Å². The highest BCUT2D eigenvalue weighted by molar-refractivity contribution is 9.10. The highest BCUT2D eigenvalue weighted by Gasteiger charge is 2.35. The van der Waals surface area contributed by atoms with Crippen molar-refractivity contribution in [3.8, 4) is 0 Å². The molecule has 0 saturated heterocycles. The quantitative estimate of drug-likeness (QED) is 0.441. The van der Waals surface area contributed by atoms with Gasteiger partial charge in [0.1, 0.15) is 6.17 Å². The van der Waals surface area contributed by atoms with Gasteiger partial charge in [0, 0.05) is 33.4 Å². The molecule has 1 atom stereocenters. The summed E-state index contributed by atoms with van der Waals surface area (Å²) in [7, 11) is 0. The molecular weight excluding hydrogens is 452 g/mol. The molecule has 8 nitrogen and oxygen atoms in total. The highest BCUT2D eigenvalue weighted by Crippen LogP contribution is 2.33. The van der Waals surface area contributed by atoms with Gasteiger partial charge in [-0.15, -0.1) is 0 Å². The number of rotatable bonds is 4. The van der Waals surface area contributed by atoms with E-state index in [0.717, 1.165) is 9.48 Å². The summed E-state index contributed by atoms with van der Waals surface area (Å²) in [5.74, 6) is -0.904. The molecule has 0 radical (unpaired) electrons. The minimum atomic E-state index is -0.827. The number of hydrogen-bond donors (Lipinski definition) is 2. The van der Waals surface area contributed by atoms with Gasteiger partial charge >= 0.3 is 0 Å². The summed E-state index contributed by atoms with van der Waals surface area (Å²) < 4.78 is 0.818. The predicted molar refractivity (Wildman–Crippen MR) is 114 cm³/mol. The Morgan fingerprint density at radius 2 is 1.80 bits per heavy atom. The number of hydrogen-bond acceptors (Lipinski definition) is 5. The average Bonchev–Trinajstić information content (AvgIpc) is 2.76. The number of nitrogens with zero attached hydrogens (tertiary/aromatic N) is 2. The highest BCUT2D eigenvalue weighted by atomic mass is 79.9. The van der Waals surface area contributed by atoms with Gasteiger partial charge in [0.15, 0.2) is 0 Å². The fourth-order valence-electron chi connectivity index (χ4n) is 3.19. The van der Waals surface area contributed by atoms with Crippen LogP contribution in [0, 0.1) is 10.1 Å². The van der Waals surface area contributed by atoms with Gasteiger partial charge in [-0.05, 0) is 36.4 Å². The van der Waals surface area contributed by atoms with Crippen molar-refractivity contribution in [1.82, 2.24) is 10.4 Å². The number of nitro benzene ring substituents is 1. The van der Waals surface area contributed by atoms with Gasteiger partial charge in [-0.25, -0.2) is 5.01 Å². The fourth-order valence-corrected chi connectivity index (χ4v) is 3.45. The first-order chi connectivity index (χ1) is 14.4. The third-order valence-electron chi connectivity index (χ3n) is 4.65. The lowest BCUT2D eigenvalue weighted by atomic mass is 10.0. The third-order valence-corrected chi connectivity index (χ3v) is 5.18. The zero-order chi connectivity index (χ0) is 21.3. The van der Waals surface area contributed by atoms with Crippen LogP contribution in [0.2, 0.25) is 0 Å². The molecule has 3 aromatic carbocycles. The van der Waals surface area contributed by atoms with Crippen LogP contribution in [0.1, 0.15) is 32.4 Å². The Balaban J connectivity index is 1.73. The number of anilines is 1. The van der Waals surface area contributed by atoms with Crippen LogP contribution in [0.4, 0.5) is 11.4 Å². The van der Waals surface area contributed by atoms with Crippen LogP contribution >= 0.6 is 15.9 Å². The Bertz CT molecular complexity index is 1150. The first-order valence-electron chi connectivity index (χ1n) is 8.94. The Hall–Kier alpha value is -3.72. The summed E-state index contributed by atoms with van der Waals surface area (Å²) in [6.45, 7) is 0. The number of para-hydroxylation sites is 1. The summed E-state index contributed by atoms with van der Waals surface area (Å²) >= 11 is 3.32. The summed E-state index contributed by atoms with van der Waals surface area (Å²) in [6.07, 6.45) is -0.827. The zero-order valence-electron chi connectivity index (χ0n) is 15.4. The van der Waals surface area contributed by atoms with Crippen LogP contribution in [0.3, 0.4) is 0 Å². The molecule has 0 saturated carbocycles. The van der Waals surface area contributed by atoms with Gasteiger partial charge in [-0.1, -0.05) is 40.2 Å². The van der Waals surface area contributed by atoms with Gasteiger partial charge in [0.25, 0.3) is 17.5 Å². The number of hydrazine groups is 1. The van der Waals surface area contributed by atoms with Crippen LogP contribution in [0.25, 0.3) is 0 Å². The van der Waals surface area contributed by atoms with Gasteiger partial charge in [0.2, 0.25) is 0 Å². The van der Waals surface area contributed by atoms with Crippen LogP contribution in [0.5, 0.6) is 0 Å². The second-order valence-electron chi connectivity index (χ2n) is 6.57. The van der Waals surface area contributed by atoms with Crippen molar-refractivity contribution < 1.29 is 14.5 Å². The molecule has 3 aromatic rings. The molecule has 0 bridgehead atoms. The van der Waals surface area contributed by atoms with Crippen molar-refractivity contribution in [2.24, 2.45) is 0 Å². The molecule has 0 aliphatic carbocycles. The van der Waals surface area contributed by atoms with Gasteiger partial charge in [-0.3, -0.25) is 25.1 Å². The number of amides is 2. The smallest absolute Gasteiger partial charge is 0.276 e. The number of fused-ring (bicyclic) bond motifs is 1. The molecule has 30 heavy (non-hydrogen) atoms. The Labute approximate surface area is 179 Å². The minimum Gasteiger partial charge on any atom is -0.359 e. The second-order valence-corrected chi connectivity index (χ2v) is 7.48. The summed E-state index contributed by atoms with van der Waals surface area (Å²) in [4.78, 5) is 36.6. The van der Waals surface area contributed by atoms with E-state index in [-0.39, 0.29) is 5.69 Å². The average molecular weight is 467 g/mol. The number of nitrogens with one attached hydrogen (secondary N) is 2. The third kappa shape index (κ3) is 3.74. The molecular formula is C21H15BrN4O4. The SMILES string of the molecule is O=C(NN1C(=O)c2ccccc2N[C@@H]1c1cccc([N+](=O)[O-])c1)c1ccc(Br)cc1. The maximum atomic E-state index is 13.2. The molecule has 0 aromatic heterocycles. The maximum absolute atomic E-state index is 13.2. The Kier molecular flexibility index (Phi) is 5.20. The standard InChI is InChI=1S/C21H15BrN4O4/c22-15-10-8-13(9-11-15)20(27)24-25-19(14-4-3-5-16(12-14)26(29)30)23-18-7-2-1-6-17(18)21(25)28/h1-12,19,23H,(H,24,27)/t19-/m0/s1. The summed E-state index contributed by atoms with van der Waals surface area (Å²) in [5, 5.41) is 15.5. The van der Waals surface area contributed by atoms with E-state index >= 15 is 0 Å². The summed E-state index contributed by atoms with van der Waals surface area (Å²) in [6, 6.07) is 19.5. The lowest BCUT2D eigenvalue weighted by molar-refractivity contribution is -0.384. The largest absolute Gasteiger partial charge is 0.359 e. The number of non-ortho nitro benzene ring substituents is 1. The molecule has 0 fully saturated rings. The van der Waals surface area contributed by atoms with Crippen molar-refractivity contribution in [3.05, 3.63) is 104 Å². The van der Waals surface area contributed by atoms with E-state index in [1.165, 1.54) is 18.2 Å². The minimum absolute atomic E-state index is 0.111. The Morgan fingerprint density at radius 1 is 1.07 bits per heavy atom. The van der Waals surface area contributed by atoms with Gasteiger partial charge in [-0.2, -0.15) is 0 Å². The van der Waals surface area contributed by atoms with E-state index < -0.39 is 22.9 Å². The van der Waals surface area contributed by atoms with Crippen molar-refractivity contribution in [2.75, 3.05) is 5.32 Å². The lowest BCUT2D eigenvalue weighted by Crippen LogP contribution is -2.52. The fraction of sp³-hybridized carbons (Fsp3) is 0.0476. The first kappa shape index (κ1) is 19.6. The van der Waals surface area contributed by atoms with Crippen molar-refractivity contribution >= 4 is 39.1 Å². The molecule has 4 rings (SSSR count). The van der Waals surface area contributed by atoms with Crippen LogP contribution < -0.4 is 10.7 Å². The second kappa shape index (κ2) is 7.96. The van der Waals surface area contributed by atoms with E-state index in [0.29, 0.717) is 22.4 Å². The number of carbonyl (C=O) groups is 2. The number of nitro groups is 1. The van der Waals surface area contributed by atoms with Gasteiger partial charge in [0.05, 0.1) is 10.5 Å². The number of halogens is 1. The molecule has 0 spiro atoms.